The first-order valence-corrected chi connectivity index (χ1v) is 9.60. The van der Waals surface area contributed by atoms with Crippen LogP contribution in [0.15, 0.2) is 34.9 Å². The van der Waals surface area contributed by atoms with E-state index in [1.54, 1.807) is 13.0 Å². The third-order valence-electron chi connectivity index (χ3n) is 4.35. The molecule has 10 nitrogen and oxygen atoms in total. The Morgan fingerprint density at radius 1 is 1.09 bits per heavy atom. The number of aromatic nitrogens is 1. The van der Waals surface area contributed by atoms with Gasteiger partial charge in [0.05, 0.1) is 31.4 Å². The van der Waals surface area contributed by atoms with E-state index in [0.29, 0.717) is 11.5 Å². The number of amides is 1. The molecule has 0 atom stereocenters. The summed E-state index contributed by atoms with van der Waals surface area (Å²) < 4.78 is 20.6. The predicted molar refractivity (Wildman–Crippen MR) is 114 cm³/mol. The number of halogens is 1. The summed E-state index contributed by atoms with van der Waals surface area (Å²) in [6.07, 6.45) is 0. The maximum atomic E-state index is 12.9. The maximum Gasteiger partial charge on any atom is 0.362 e. The number of rotatable bonds is 7. The Balaban J connectivity index is 2.08. The van der Waals surface area contributed by atoms with Crippen LogP contribution in [0.5, 0.6) is 23.0 Å². The summed E-state index contributed by atoms with van der Waals surface area (Å²) in [4.78, 5) is 25.3. The monoisotopic (exact) mass is 462 g/mol. The van der Waals surface area contributed by atoms with Crippen molar-refractivity contribution >= 4 is 29.2 Å². The van der Waals surface area contributed by atoms with Gasteiger partial charge in [-0.3, -0.25) is 4.79 Å². The highest BCUT2D eigenvalue weighted by molar-refractivity contribution is 6.32. The standard InChI is InChI=1S/C21H19ClN2O8/c1-4-31-21(28)18-17(19(32-24-18)11-8-12(22)14(26)9-13(11)25)23-20(27)10-5-6-15(29-2)16(7-10)30-3/h5-9,25-26H,4H2,1-3H3,(H,23,27). The molecule has 3 rings (SSSR count). The lowest BCUT2D eigenvalue weighted by molar-refractivity contribution is 0.0516. The summed E-state index contributed by atoms with van der Waals surface area (Å²) in [5, 5.41) is 26.1. The third kappa shape index (κ3) is 4.40. The van der Waals surface area contributed by atoms with E-state index in [-0.39, 0.29) is 45.6 Å². The number of ether oxygens (including phenoxy) is 3. The molecule has 0 radical (unpaired) electrons. The van der Waals surface area contributed by atoms with E-state index in [0.717, 1.165) is 6.07 Å². The highest BCUT2D eigenvalue weighted by Crippen LogP contribution is 2.41. The van der Waals surface area contributed by atoms with Crippen LogP contribution in [0, 0.1) is 0 Å². The number of benzene rings is 2. The number of hydrogen-bond acceptors (Lipinski definition) is 9. The number of nitrogens with one attached hydrogen (secondary N) is 1. The quantitative estimate of drug-likeness (QED) is 0.446. The zero-order valence-corrected chi connectivity index (χ0v) is 18.0. The molecule has 3 N–H and O–H groups in total. The number of carbonyl (C=O) groups excluding carboxylic acids is 2. The first-order chi connectivity index (χ1) is 15.3. The molecule has 0 fully saturated rings. The second-order valence-electron chi connectivity index (χ2n) is 6.30. The van der Waals surface area contributed by atoms with Crippen LogP contribution in [0.25, 0.3) is 11.3 Å². The first kappa shape index (κ1) is 22.8. The van der Waals surface area contributed by atoms with Crippen molar-refractivity contribution in [1.82, 2.24) is 5.16 Å². The number of esters is 1. The molecule has 0 spiro atoms. The average molecular weight is 463 g/mol. The molecule has 0 saturated carbocycles. The molecule has 0 aliphatic heterocycles. The topological polar surface area (TPSA) is 140 Å². The summed E-state index contributed by atoms with van der Waals surface area (Å²) in [5.74, 6) is -1.69. The molecule has 168 valence electrons. The highest BCUT2D eigenvalue weighted by atomic mass is 35.5. The number of hydrogen-bond donors (Lipinski definition) is 3. The second-order valence-corrected chi connectivity index (χ2v) is 6.71. The molecule has 3 aromatic rings. The van der Waals surface area contributed by atoms with Crippen molar-refractivity contribution in [2.24, 2.45) is 0 Å². The second kappa shape index (κ2) is 9.48. The van der Waals surface area contributed by atoms with Crippen molar-refractivity contribution < 1.29 is 38.5 Å². The zero-order valence-electron chi connectivity index (χ0n) is 17.3. The van der Waals surface area contributed by atoms with E-state index in [9.17, 15) is 19.8 Å². The maximum absolute atomic E-state index is 12.9. The Kier molecular flexibility index (Phi) is 6.74. The van der Waals surface area contributed by atoms with Crippen molar-refractivity contribution in [3.8, 4) is 34.3 Å². The minimum Gasteiger partial charge on any atom is -0.507 e. The van der Waals surface area contributed by atoms with Crippen molar-refractivity contribution in [1.29, 1.82) is 0 Å². The molecule has 0 bridgehead atoms. The van der Waals surface area contributed by atoms with E-state index >= 15 is 0 Å². The van der Waals surface area contributed by atoms with Crippen LogP contribution in [0.1, 0.15) is 27.8 Å². The van der Waals surface area contributed by atoms with E-state index in [1.165, 1.54) is 32.4 Å². The lowest BCUT2D eigenvalue weighted by Crippen LogP contribution is -2.16. The van der Waals surface area contributed by atoms with E-state index in [1.807, 2.05) is 0 Å². The Morgan fingerprint density at radius 2 is 1.81 bits per heavy atom. The molecule has 11 heteroatoms. The Bertz CT molecular complexity index is 1170. The van der Waals surface area contributed by atoms with Gasteiger partial charge in [-0.1, -0.05) is 16.8 Å². The van der Waals surface area contributed by atoms with Crippen LogP contribution in [0.3, 0.4) is 0 Å². The number of nitrogens with zero attached hydrogens (tertiary/aromatic N) is 1. The Morgan fingerprint density at radius 3 is 2.47 bits per heavy atom. The third-order valence-corrected chi connectivity index (χ3v) is 4.66. The predicted octanol–water partition coefficient (Wildman–Crippen LogP) is 3.85. The largest absolute Gasteiger partial charge is 0.507 e. The van der Waals surface area contributed by atoms with Gasteiger partial charge in [-0.05, 0) is 31.2 Å². The van der Waals surface area contributed by atoms with Crippen molar-refractivity contribution in [3.63, 3.8) is 0 Å². The van der Waals surface area contributed by atoms with Gasteiger partial charge in [-0.15, -0.1) is 0 Å². The summed E-state index contributed by atoms with van der Waals surface area (Å²) in [7, 11) is 2.88. The molecule has 0 aliphatic carbocycles. The molecular formula is C21H19ClN2O8. The van der Waals surface area contributed by atoms with Crippen LogP contribution in [-0.2, 0) is 4.74 Å². The Labute approximate surface area is 187 Å². The van der Waals surface area contributed by atoms with Crippen LogP contribution < -0.4 is 14.8 Å². The number of methoxy groups -OCH3 is 2. The lowest BCUT2D eigenvalue weighted by atomic mass is 10.1. The fourth-order valence-electron chi connectivity index (χ4n) is 2.82. The van der Waals surface area contributed by atoms with Crippen molar-refractivity contribution in [2.45, 2.75) is 6.92 Å². The smallest absolute Gasteiger partial charge is 0.362 e. The van der Waals surface area contributed by atoms with Crippen molar-refractivity contribution in [2.75, 3.05) is 26.1 Å². The molecule has 2 aromatic carbocycles. The molecule has 1 amide bonds. The summed E-state index contributed by atoms with van der Waals surface area (Å²) >= 11 is 5.94. The van der Waals surface area contributed by atoms with Crippen molar-refractivity contribution in [3.05, 3.63) is 46.6 Å². The molecule has 0 unspecified atom stereocenters. The van der Waals surface area contributed by atoms with Gasteiger partial charge in [0, 0.05) is 11.6 Å². The highest BCUT2D eigenvalue weighted by Gasteiger charge is 2.28. The Hall–Kier alpha value is -3.92. The SMILES string of the molecule is CCOC(=O)c1noc(-c2cc(Cl)c(O)cc2O)c1NC(=O)c1ccc(OC)c(OC)c1. The molecule has 32 heavy (non-hydrogen) atoms. The van der Waals surface area contributed by atoms with Gasteiger partial charge in [0.2, 0.25) is 5.69 Å². The van der Waals surface area contributed by atoms with Gasteiger partial charge in [0.15, 0.2) is 17.3 Å². The average Bonchev–Trinajstić information content (AvgIpc) is 3.19. The normalized spacial score (nSPS) is 10.5. The van der Waals surface area contributed by atoms with Crippen LogP contribution in [-0.4, -0.2) is 48.1 Å². The van der Waals surface area contributed by atoms with Gasteiger partial charge in [-0.25, -0.2) is 4.79 Å². The number of phenols is 2. The van der Waals surface area contributed by atoms with E-state index in [2.05, 4.69) is 10.5 Å². The lowest BCUT2D eigenvalue weighted by Gasteiger charge is -2.11. The van der Waals surface area contributed by atoms with E-state index < -0.39 is 17.6 Å². The zero-order chi connectivity index (χ0) is 23.4. The van der Waals surface area contributed by atoms with E-state index in [4.69, 9.17) is 30.3 Å². The van der Waals surface area contributed by atoms with Gasteiger partial charge in [-0.2, -0.15) is 0 Å². The molecule has 0 saturated heterocycles. The van der Waals surface area contributed by atoms with Crippen LogP contribution in [0.4, 0.5) is 5.69 Å². The molecule has 1 aromatic heterocycles. The fraction of sp³-hybridized carbons (Fsp3) is 0.190. The first-order valence-electron chi connectivity index (χ1n) is 9.22. The van der Waals surface area contributed by atoms with Gasteiger partial charge in [0.1, 0.15) is 17.2 Å². The number of carbonyl (C=O) groups is 2. The van der Waals surface area contributed by atoms with Crippen LogP contribution >= 0.6 is 11.6 Å². The minimum absolute atomic E-state index is 0.0153. The van der Waals surface area contributed by atoms with Gasteiger partial charge < -0.3 is 34.3 Å². The summed E-state index contributed by atoms with van der Waals surface area (Å²) in [6.45, 7) is 1.66. The molecular weight excluding hydrogens is 444 g/mol. The molecule has 0 aliphatic rings. The number of anilines is 1. The van der Waals surface area contributed by atoms with Gasteiger partial charge in [0.25, 0.3) is 5.91 Å². The summed E-state index contributed by atoms with van der Waals surface area (Å²) in [5.41, 5.74) is -0.310. The summed E-state index contributed by atoms with van der Waals surface area (Å²) in [6, 6.07) is 6.67. The van der Waals surface area contributed by atoms with Crippen LogP contribution in [0.2, 0.25) is 5.02 Å². The fourth-order valence-corrected chi connectivity index (χ4v) is 2.99. The number of phenolic OH excluding ortho intramolecular Hbond substituents is 2. The number of aromatic hydroxyl groups is 2. The molecule has 1 heterocycles. The minimum atomic E-state index is -0.852. The van der Waals surface area contributed by atoms with Gasteiger partial charge >= 0.3 is 5.97 Å².